The summed E-state index contributed by atoms with van der Waals surface area (Å²) in [5.74, 6) is 0.231. The van der Waals surface area contributed by atoms with E-state index in [2.05, 4.69) is 5.32 Å². The number of aliphatic hydroxyl groups is 1. The molecule has 3 atom stereocenters. The summed E-state index contributed by atoms with van der Waals surface area (Å²) in [5.41, 5.74) is 1.15. The van der Waals surface area contributed by atoms with Crippen LogP contribution in [0.4, 0.5) is 4.79 Å². The number of β-amino-alcohol motifs (C(OH)–C–C–N with tert-alkyl or cyclic N) is 1. The highest BCUT2D eigenvalue weighted by Crippen LogP contribution is 2.14. The third-order valence-electron chi connectivity index (χ3n) is 4.33. The molecule has 0 radical (unpaired) electrons. The lowest BCUT2D eigenvalue weighted by molar-refractivity contribution is 0.0917. The van der Waals surface area contributed by atoms with Crippen LogP contribution in [0.15, 0.2) is 30.3 Å². The molecule has 2 N–H and O–H groups in total. The Morgan fingerprint density at radius 2 is 2.08 bits per heavy atom. The minimum atomic E-state index is -0.489. The predicted molar refractivity (Wildman–Crippen MR) is 93.7 cm³/mol. The molecule has 1 heterocycles. The van der Waals surface area contributed by atoms with Gasteiger partial charge in [-0.15, -0.1) is 0 Å². The third kappa shape index (κ3) is 5.47. The molecule has 1 aromatic carbocycles. The van der Waals surface area contributed by atoms with Crippen molar-refractivity contribution in [1.82, 2.24) is 15.1 Å². The van der Waals surface area contributed by atoms with Crippen molar-refractivity contribution in [2.45, 2.75) is 25.7 Å². The van der Waals surface area contributed by atoms with Crippen LogP contribution in [0, 0.1) is 5.92 Å². The van der Waals surface area contributed by atoms with Crippen molar-refractivity contribution >= 4 is 6.03 Å². The van der Waals surface area contributed by atoms with Crippen molar-refractivity contribution in [3.8, 4) is 0 Å². The van der Waals surface area contributed by atoms with E-state index in [1.807, 2.05) is 56.3 Å². The van der Waals surface area contributed by atoms with Crippen LogP contribution in [0.1, 0.15) is 12.5 Å². The number of amides is 2. The lowest BCUT2D eigenvalue weighted by Crippen LogP contribution is -2.42. The van der Waals surface area contributed by atoms with Crippen LogP contribution >= 0.6 is 0 Å². The molecule has 24 heavy (non-hydrogen) atoms. The highest BCUT2D eigenvalue weighted by molar-refractivity contribution is 5.74. The Bertz CT molecular complexity index is 509. The maximum absolute atomic E-state index is 12.2. The fraction of sp³-hybridized carbons (Fsp3) is 0.611. The number of carbonyl (C=O) groups excluding carboxylic acids is 1. The van der Waals surface area contributed by atoms with E-state index in [1.54, 1.807) is 4.90 Å². The van der Waals surface area contributed by atoms with E-state index in [9.17, 15) is 9.90 Å². The number of hydrogen-bond acceptors (Lipinski definition) is 4. The standard InChI is InChI=1S/C18H29N3O3/c1-14(12-24-13-15-7-5-4-6-8-15)9-19-18(23)21-10-16(20(2)3)17(22)11-21/h4-8,14,16-17,22H,9-13H2,1-3H3,(H,19,23)/t14?,16-,17-/m0/s1. The minimum absolute atomic E-state index is 0.00220. The lowest BCUT2D eigenvalue weighted by atomic mass is 10.2. The Morgan fingerprint density at radius 3 is 2.71 bits per heavy atom. The molecular weight excluding hydrogens is 306 g/mol. The molecule has 134 valence electrons. The zero-order chi connectivity index (χ0) is 17.5. The monoisotopic (exact) mass is 335 g/mol. The van der Waals surface area contributed by atoms with Crippen LogP contribution < -0.4 is 5.32 Å². The first kappa shape index (κ1) is 18.7. The summed E-state index contributed by atoms with van der Waals surface area (Å²) in [6, 6.07) is 9.92. The van der Waals surface area contributed by atoms with Gasteiger partial charge in [-0.3, -0.25) is 0 Å². The first-order valence-electron chi connectivity index (χ1n) is 8.46. The summed E-state index contributed by atoms with van der Waals surface area (Å²) in [6.45, 7) is 4.73. The van der Waals surface area contributed by atoms with E-state index in [0.29, 0.717) is 32.8 Å². The summed E-state index contributed by atoms with van der Waals surface area (Å²) >= 11 is 0. The summed E-state index contributed by atoms with van der Waals surface area (Å²) in [4.78, 5) is 15.8. The molecule has 6 nitrogen and oxygen atoms in total. The van der Waals surface area contributed by atoms with Crippen molar-refractivity contribution in [3.05, 3.63) is 35.9 Å². The van der Waals surface area contributed by atoms with Crippen LogP contribution in [0.5, 0.6) is 0 Å². The molecular formula is C18H29N3O3. The van der Waals surface area contributed by atoms with Gasteiger partial charge in [-0.1, -0.05) is 37.3 Å². The summed E-state index contributed by atoms with van der Waals surface area (Å²) in [5, 5.41) is 12.9. The van der Waals surface area contributed by atoms with Gasteiger partial charge in [0.15, 0.2) is 0 Å². The molecule has 2 amide bonds. The number of rotatable bonds is 7. The van der Waals surface area contributed by atoms with Gasteiger partial charge in [0, 0.05) is 19.6 Å². The summed E-state index contributed by atoms with van der Waals surface area (Å²) in [6.07, 6.45) is -0.489. The minimum Gasteiger partial charge on any atom is -0.390 e. The Labute approximate surface area is 144 Å². The van der Waals surface area contributed by atoms with Crippen molar-refractivity contribution < 1.29 is 14.6 Å². The number of likely N-dealkylation sites (tertiary alicyclic amines) is 1. The first-order chi connectivity index (χ1) is 11.5. The molecule has 0 bridgehead atoms. The van der Waals surface area contributed by atoms with Gasteiger partial charge in [0.25, 0.3) is 0 Å². The van der Waals surface area contributed by atoms with Gasteiger partial charge in [-0.2, -0.15) is 0 Å². The second-order valence-corrected chi connectivity index (χ2v) is 6.80. The zero-order valence-electron chi connectivity index (χ0n) is 14.8. The second-order valence-electron chi connectivity index (χ2n) is 6.80. The van der Waals surface area contributed by atoms with Gasteiger partial charge < -0.3 is 25.0 Å². The molecule has 6 heteroatoms. The van der Waals surface area contributed by atoms with Gasteiger partial charge in [0.2, 0.25) is 0 Å². The fourth-order valence-electron chi connectivity index (χ4n) is 2.83. The van der Waals surface area contributed by atoms with E-state index < -0.39 is 6.10 Å². The maximum Gasteiger partial charge on any atom is 0.317 e. The zero-order valence-corrected chi connectivity index (χ0v) is 14.8. The Kier molecular flexibility index (Phi) is 7.02. The molecule has 1 saturated heterocycles. The number of hydrogen-bond donors (Lipinski definition) is 2. The van der Waals surface area contributed by atoms with Crippen LogP contribution in [0.3, 0.4) is 0 Å². The number of carbonyl (C=O) groups is 1. The largest absolute Gasteiger partial charge is 0.390 e. The summed E-state index contributed by atoms with van der Waals surface area (Å²) < 4.78 is 5.69. The number of aliphatic hydroxyl groups excluding tert-OH is 1. The van der Waals surface area contributed by atoms with Gasteiger partial charge in [-0.05, 0) is 25.6 Å². The van der Waals surface area contributed by atoms with E-state index in [-0.39, 0.29) is 18.0 Å². The summed E-state index contributed by atoms with van der Waals surface area (Å²) in [7, 11) is 3.84. The molecule has 1 aromatic rings. The van der Waals surface area contributed by atoms with Gasteiger partial charge in [0.1, 0.15) is 0 Å². The topological polar surface area (TPSA) is 65.0 Å². The lowest BCUT2D eigenvalue weighted by Gasteiger charge is -2.22. The average Bonchev–Trinajstić information content (AvgIpc) is 2.96. The Hall–Kier alpha value is -1.63. The second kappa shape index (κ2) is 9.01. The Balaban J connectivity index is 1.64. The van der Waals surface area contributed by atoms with Crippen molar-refractivity contribution in [1.29, 1.82) is 0 Å². The number of nitrogens with one attached hydrogen (secondary N) is 1. The normalized spacial score (nSPS) is 22.0. The number of benzene rings is 1. The average molecular weight is 335 g/mol. The molecule has 1 unspecified atom stereocenters. The van der Waals surface area contributed by atoms with Gasteiger partial charge >= 0.3 is 6.03 Å². The van der Waals surface area contributed by atoms with E-state index in [4.69, 9.17) is 4.74 Å². The molecule has 1 fully saturated rings. The molecule has 0 aromatic heterocycles. The first-order valence-corrected chi connectivity index (χ1v) is 8.46. The third-order valence-corrected chi connectivity index (χ3v) is 4.33. The molecule has 1 aliphatic rings. The fourth-order valence-corrected chi connectivity index (χ4v) is 2.83. The van der Waals surface area contributed by atoms with E-state index >= 15 is 0 Å². The molecule has 0 spiro atoms. The smallest absolute Gasteiger partial charge is 0.317 e. The maximum atomic E-state index is 12.2. The van der Waals surface area contributed by atoms with Gasteiger partial charge in [0.05, 0.1) is 25.4 Å². The van der Waals surface area contributed by atoms with Crippen molar-refractivity contribution in [2.75, 3.05) is 40.3 Å². The van der Waals surface area contributed by atoms with Gasteiger partial charge in [-0.25, -0.2) is 4.79 Å². The molecule has 0 aliphatic carbocycles. The van der Waals surface area contributed by atoms with E-state index in [0.717, 1.165) is 5.56 Å². The number of nitrogens with zero attached hydrogens (tertiary/aromatic N) is 2. The Morgan fingerprint density at radius 1 is 1.38 bits per heavy atom. The van der Waals surface area contributed by atoms with E-state index in [1.165, 1.54) is 0 Å². The predicted octanol–water partition coefficient (Wildman–Crippen LogP) is 1.16. The van der Waals surface area contributed by atoms with Crippen LogP contribution in [-0.4, -0.2) is 73.4 Å². The number of ether oxygens (including phenoxy) is 1. The molecule has 1 aliphatic heterocycles. The van der Waals surface area contributed by atoms with Crippen molar-refractivity contribution in [2.24, 2.45) is 5.92 Å². The molecule has 0 saturated carbocycles. The van der Waals surface area contributed by atoms with Crippen LogP contribution in [-0.2, 0) is 11.3 Å². The van der Waals surface area contributed by atoms with Crippen molar-refractivity contribution in [3.63, 3.8) is 0 Å². The quantitative estimate of drug-likeness (QED) is 0.785. The SMILES string of the molecule is CC(CNC(=O)N1C[C@H](O)[C@@H](N(C)C)C1)COCc1ccccc1. The number of likely N-dealkylation sites (N-methyl/N-ethyl adjacent to an activating group) is 1. The van der Waals surface area contributed by atoms with Crippen LogP contribution in [0.25, 0.3) is 0 Å². The number of urea groups is 1. The van der Waals surface area contributed by atoms with Crippen LogP contribution in [0.2, 0.25) is 0 Å². The molecule has 2 rings (SSSR count). The highest BCUT2D eigenvalue weighted by Gasteiger charge is 2.35. The highest BCUT2D eigenvalue weighted by atomic mass is 16.5.